The number of aromatic nitrogens is 3. The fourth-order valence-electron chi connectivity index (χ4n) is 2.47. The average molecular weight is 355 g/mol. The SMILES string of the molecule is CNc1nc(Cn2ncc(N(C)CCc3ccccc3)cc2=O)cs1. The third kappa shape index (κ3) is 4.45. The number of hydrogen-bond donors (Lipinski definition) is 1. The highest BCUT2D eigenvalue weighted by atomic mass is 32.1. The summed E-state index contributed by atoms with van der Waals surface area (Å²) in [7, 11) is 3.80. The van der Waals surface area contributed by atoms with Gasteiger partial charge in [-0.3, -0.25) is 4.79 Å². The summed E-state index contributed by atoms with van der Waals surface area (Å²) < 4.78 is 1.43. The molecule has 0 aliphatic heterocycles. The largest absolute Gasteiger partial charge is 0.373 e. The maximum atomic E-state index is 12.3. The van der Waals surface area contributed by atoms with Gasteiger partial charge in [0.15, 0.2) is 5.13 Å². The lowest BCUT2D eigenvalue weighted by atomic mass is 10.1. The van der Waals surface area contributed by atoms with E-state index in [9.17, 15) is 4.79 Å². The quantitative estimate of drug-likeness (QED) is 0.705. The summed E-state index contributed by atoms with van der Waals surface area (Å²) in [4.78, 5) is 18.8. The van der Waals surface area contributed by atoms with Gasteiger partial charge in [0.2, 0.25) is 0 Å². The van der Waals surface area contributed by atoms with Crippen molar-refractivity contribution in [1.82, 2.24) is 14.8 Å². The van der Waals surface area contributed by atoms with E-state index in [4.69, 9.17) is 0 Å². The second-order valence-electron chi connectivity index (χ2n) is 5.76. The Morgan fingerprint density at radius 2 is 2.08 bits per heavy atom. The third-order valence-corrected chi connectivity index (χ3v) is 4.86. The molecule has 1 aromatic carbocycles. The first-order valence-corrected chi connectivity index (χ1v) is 8.98. The predicted molar refractivity (Wildman–Crippen MR) is 103 cm³/mol. The number of anilines is 2. The van der Waals surface area contributed by atoms with Crippen molar-refractivity contribution in [1.29, 1.82) is 0 Å². The first-order valence-electron chi connectivity index (χ1n) is 8.10. The van der Waals surface area contributed by atoms with E-state index < -0.39 is 0 Å². The van der Waals surface area contributed by atoms with Crippen molar-refractivity contribution >= 4 is 22.2 Å². The first kappa shape index (κ1) is 17.2. The number of rotatable bonds is 7. The summed E-state index contributed by atoms with van der Waals surface area (Å²) in [5.74, 6) is 0. The number of likely N-dealkylation sites (N-methyl/N-ethyl adjacent to an activating group) is 1. The zero-order valence-electron chi connectivity index (χ0n) is 14.3. The highest BCUT2D eigenvalue weighted by molar-refractivity contribution is 7.13. The van der Waals surface area contributed by atoms with Crippen LogP contribution in [-0.2, 0) is 13.0 Å². The normalized spacial score (nSPS) is 10.6. The predicted octanol–water partition coefficient (Wildman–Crippen LogP) is 2.47. The molecule has 25 heavy (non-hydrogen) atoms. The van der Waals surface area contributed by atoms with E-state index in [2.05, 4.69) is 27.5 Å². The molecular weight excluding hydrogens is 334 g/mol. The molecule has 130 valence electrons. The van der Waals surface area contributed by atoms with Gasteiger partial charge in [0.05, 0.1) is 24.1 Å². The molecule has 0 bridgehead atoms. The van der Waals surface area contributed by atoms with Gasteiger partial charge in [0, 0.05) is 32.1 Å². The molecule has 2 heterocycles. The van der Waals surface area contributed by atoms with Crippen LogP contribution in [-0.4, -0.2) is 35.4 Å². The van der Waals surface area contributed by atoms with Crippen LogP contribution in [0.15, 0.2) is 52.8 Å². The fraction of sp³-hybridized carbons (Fsp3) is 0.278. The summed E-state index contributed by atoms with van der Waals surface area (Å²) in [6.45, 7) is 1.21. The van der Waals surface area contributed by atoms with Crippen LogP contribution in [0.1, 0.15) is 11.3 Å². The van der Waals surface area contributed by atoms with Crippen molar-refractivity contribution in [3.8, 4) is 0 Å². The Morgan fingerprint density at radius 1 is 1.28 bits per heavy atom. The molecule has 1 N–H and O–H groups in total. The average Bonchev–Trinajstić information content (AvgIpc) is 3.10. The van der Waals surface area contributed by atoms with Gasteiger partial charge in [0.1, 0.15) is 0 Å². The standard InChI is InChI=1S/C18H21N5OS/c1-19-18-21-15(13-25-18)12-23-17(24)10-16(11-20-23)22(2)9-8-14-6-4-3-5-7-14/h3-7,10-11,13H,8-9,12H2,1-2H3,(H,19,21). The van der Waals surface area contributed by atoms with Crippen LogP contribution >= 0.6 is 11.3 Å². The van der Waals surface area contributed by atoms with Gasteiger partial charge < -0.3 is 10.2 Å². The molecule has 0 saturated heterocycles. The molecule has 0 saturated carbocycles. The first-order chi connectivity index (χ1) is 12.2. The van der Waals surface area contributed by atoms with Crippen LogP contribution in [0.25, 0.3) is 0 Å². The Hall–Kier alpha value is -2.67. The molecule has 3 aromatic rings. The molecule has 0 fully saturated rings. The second-order valence-corrected chi connectivity index (χ2v) is 6.62. The second kappa shape index (κ2) is 7.94. The lowest BCUT2D eigenvalue weighted by molar-refractivity contribution is 0.629. The van der Waals surface area contributed by atoms with Gasteiger partial charge in [-0.15, -0.1) is 11.3 Å². The Bertz CT molecular complexity index is 874. The summed E-state index contributed by atoms with van der Waals surface area (Å²) in [5, 5.41) is 10.0. The molecule has 0 aliphatic rings. The Labute approximate surface area is 150 Å². The number of nitrogens with zero attached hydrogens (tertiary/aromatic N) is 4. The monoisotopic (exact) mass is 355 g/mol. The van der Waals surface area contributed by atoms with E-state index in [0.29, 0.717) is 6.54 Å². The zero-order chi connectivity index (χ0) is 17.6. The minimum atomic E-state index is -0.122. The Morgan fingerprint density at radius 3 is 2.76 bits per heavy atom. The molecule has 0 aliphatic carbocycles. The van der Waals surface area contributed by atoms with Crippen LogP contribution < -0.4 is 15.8 Å². The highest BCUT2D eigenvalue weighted by Crippen LogP contribution is 2.15. The van der Waals surface area contributed by atoms with Gasteiger partial charge in [-0.25, -0.2) is 9.67 Å². The van der Waals surface area contributed by atoms with Gasteiger partial charge in [-0.2, -0.15) is 5.10 Å². The molecule has 6 nitrogen and oxygen atoms in total. The Balaban J connectivity index is 1.65. The van der Waals surface area contributed by atoms with Gasteiger partial charge in [-0.1, -0.05) is 30.3 Å². The zero-order valence-corrected chi connectivity index (χ0v) is 15.2. The molecule has 3 rings (SSSR count). The maximum Gasteiger partial charge on any atom is 0.269 e. The van der Waals surface area contributed by atoms with Crippen molar-refractivity contribution in [2.24, 2.45) is 0 Å². The molecule has 2 aromatic heterocycles. The van der Waals surface area contributed by atoms with Crippen molar-refractivity contribution in [3.63, 3.8) is 0 Å². The van der Waals surface area contributed by atoms with Gasteiger partial charge >= 0.3 is 0 Å². The minimum Gasteiger partial charge on any atom is -0.373 e. The van der Waals surface area contributed by atoms with Crippen LogP contribution in [0.2, 0.25) is 0 Å². The number of benzene rings is 1. The van der Waals surface area contributed by atoms with Gasteiger partial charge in [0.25, 0.3) is 5.56 Å². The van der Waals surface area contributed by atoms with Gasteiger partial charge in [-0.05, 0) is 12.0 Å². The minimum absolute atomic E-state index is 0.122. The summed E-state index contributed by atoms with van der Waals surface area (Å²) in [5.41, 5.74) is 2.81. The molecule has 0 unspecified atom stereocenters. The lowest BCUT2D eigenvalue weighted by Crippen LogP contribution is -2.27. The maximum absolute atomic E-state index is 12.3. The van der Waals surface area contributed by atoms with Crippen molar-refractivity contribution in [2.75, 3.05) is 30.9 Å². The van der Waals surface area contributed by atoms with E-state index in [1.165, 1.54) is 21.6 Å². The molecule has 7 heteroatoms. The molecular formula is C18H21N5OS. The molecule has 0 spiro atoms. The third-order valence-electron chi connectivity index (χ3n) is 3.95. The highest BCUT2D eigenvalue weighted by Gasteiger charge is 2.07. The van der Waals surface area contributed by atoms with E-state index in [0.717, 1.165) is 29.5 Å². The van der Waals surface area contributed by atoms with Crippen LogP contribution in [0.3, 0.4) is 0 Å². The van der Waals surface area contributed by atoms with E-state index in [-0.39, 0.29) is 5.56 Å². The number of nitrogens with one attached hydrogen (secondary N) is 1. The molecule has 0 atom stereocenters. The topological polar surface area (TPSA) is 63.1 Å². The van der Waals surface area contributed by atoms with Crippen LogP contribution in [0.5, 0.6) is 0 Å². The van der Waals surface area contributed by atoms with E-state index in [1.807, 2.05) is 42.6 Å². The van der Waals surface area contributed by atoms with Crippen molar-refractivity contribution in [3.05, 3.63) is 69.6 Å². The van der Waals surface area contributed by atoms with Crippen molar-refractivity contribution < 1.29 is 0 Å². The molecule has 0 amide bonds. The lowest BCUT2D eigenvalue weighted by Gasteiger charge is -2.19. The smallest absolute Gasteiger partial charge is 0.269 e. The van der Waals surface area contributed by atoms with Crippen LogP contribution in [0, 0.1) is 0 Å². The summed E-state index contributed by atoms with van der Waals surface area (Å²) in [6.07, 6.45) is 2.66. The van der Waals surface area contributed by atoms with E-state index >= 15 is 0 Å². The number of hydrogen-bond acceptors (Lipinski definition) is 6. The van der Waals surface area contributed by atoms with Crippen molar-refractivity contribution in [2.45, 2.75) is 13.0 Å². The van der Waals surface area contributed by atoms with E-state index in [1.54, 1.807) is 12.3 Å². The molecule has 0 radical (unpaired) electrons. The summed E-state index contributed by atoms with van der Waals surface area (Å²) in [6, 6.07) is 11.9. The van der Waals surface area contributed by atoms with Crippen LogP contribution in [0.4, 0.5) is 10.8 Å². The summed E-state index contributed by atoms with van der Waals surface area (Å²) >= 11 is 1.51. The number of thiazole rings is 1. The fourth-order valence-corrected chi connectivity index (χ4v) is 3.13. The Kier molecular flexibility index (Phi) is 5.45.